The van der Waals surface area contributed by atoms with E-state index < -0.39 is 5.41 Å². The van der Waals surface area contributed by atoms with Gasteiger partial charge in [0.15, 0.2) is 0 Å². The van der Waals surface area contributed by atoms with Crippen LogP contribution in [0, 0.1) is 12.3 Å². The minimum absolute atomic E-state index is 0.122. The van der Waals surface area contributed by atoms with Gasteiger partial charge in [-0.15, -0.1) is 0 Å². The van der Waals surface area contributed by atoms with Crippen molar-refractivity contribution in [3.63, 3.8) is 0 Å². The fraction of sp³-hybridized carbons (Fsp3) is 0.593. The number of hydrogen-bond acceptors (Lipinski definition) is 5. The number of likely N-dealkylation sites (tertiary alicyclic amines) is 1. The number of amides is 2. The normalized spacial score (nSPS) is 21.0. The first-order chi connectivity index (χ1) is 17.2. The van der Waals surface area contributed by atoms with Crippen molar-refractivity contribution in [3.05, 3.63) is 46.7 Å². The molecule has 0 aliphatic carbocycles. The number of carbonyl (C=O) groups excluding carboxylic acids is 2. The Balaban J connectivity index is 1.45. The first-order valence-corrected chi connectivity index (χ1v) is 13.2. The van der Waals surface area contributed by atoms with Gasteiger partial charge >= 0.3 is 0 Å². The molecule has 2 amide bonds. The largest absolute Gasteiger partial charge is 0.493 e. The number of benzene rings is 1. The Morgan fingerprint density at radius 3 is 2.56 bits per heavy atom. The maximum absolute atomic E-state index is 13.4. The molecule has 4 rings (SSSR count). The zero-order chi connectivity index (χ0) is 25.7. The van der Waals surface area contributed by atoms with Crippen molar-refractivity contribution in [2.45, 2.75) is 39.0 Å². The molecule has 1 aromatic carbocycles. The van der Waals surface area contributed by atoms with Gasteiger partial charge in [-0.2, -0.15) is 5.10 Å². The number of aryl methyl sites for hydroxylation is 2. The molecule has 9 heteroatoms. The van der Waals surface area contributed by atoms with Crippen LogP contribution in [0.4, 0.5) is 0 Å². The molecule has 3 heterocycles. The number of nitrogens with zero attached hydrogens (tertiary/aromatic N) is 5. The SMILES string of the molecule is Cc1c(CCC(=O)N2CCC[C@](COc3cccc(Cl)c3)(CC(=O)N3CCN(C)CC3)C2)cnn1C. The monoisotopic (exact) mass is 515 g/mol. The van der Waals surface area contributed by atoms with Crippen LogP contribution < -0.4 is 4.74 Å². The van der Waals surface area contributed by atoms with Crippen molar-refractivity contribution < 1.29 is 14.3 Å². The Morgan fingerprint density at radius 1 is 1.08 bits per heavy atom. The molecular weight excluding hydrogens is 478 g/mol. The van der Waals surface area contributed by atoms with Gasteiger partial charge in [0, 0.05) is 75.3 Å². The molecule has 196 valence electrons. The molecule has 2 aliphatic rings. The van der Waals surface area contributed by atoms with Crippen molar-refractivity contribution in [3.8, 4) is 5.75 Å². The molecule has 2 aliphatic heterocycles. The highest BCUT2D eigenvalue weighted by atomic mass is 35.5. The first kappa shape index (κ1) is 26.5. The van der Waals surface area contributed by atoms with Gasteiger partial charge < -0.3 is 19.4 Å². The predicted octanol–water partition coefficient (Wildman–Crippen LogP) is 3.17. The van der Waals surface area contributed by atoms with Crippen LogP contribution in [0.3, 0.4) is 0 Å². The van der Waals surface area contributed by atoms with Crippen molar-refractivity contribution in [1.29, 1.82) is 0 Å². The van der Waals surface area contributed by atoms with E-state index >= 15 is 0 Å². The summed E-state index contributed by atoms with van der Waals surface area (Å²) in [6.07, 6.45) is 5.02. The molecule has 36 heavy (non-hydrogen) atoms. The number of piperazine rings is 1. The summed E-state index contributed by atoms with van der Waals surface area (Å²) < 4.78 is 8.03. The highest BCUT2D eigenvalue weighted by molar-refractivity contribution is 6.30. The number of rotatable bonds is 8. The molecule has 0 unspecified atom stereocenters. The molecular formula is C27H38ClN5O3. The van der Waals surface area contributed by atoms with Crippen LogP contribution in [0.25, 0.3) is 0 Å². The summed E-state index contributed by atoms with van der Waals surface area (Å²) in [4.78, 5) is 32.8. The summed E-state index contributed by atoms with van der Waals surface area (Å²) in [5.41, 5.74) is 1.76. The third-order valence-corrected chi connectivity index (χ3v) is 7.92. The molecule has 0 spiro atoms. The third-order valence-electron chi connectivity index (χ3n) is 7.68. The van der Waals surface area contributed by atoms with Crippen LogP contribution in [-0.4, -0.2) is 89.2 Å². The highest BCUT2D eigenvalue weighted by Crippen LogP contribution is 2.36. The third kappa shape index (κ3) is 6.59. The summed E-state index contributed by atoms with van der Waals surface area (Å²) >= 11 is 6.16. The van der Waals surface area contributed by atoms with Crippen LogP contribution >= 0.6 is 11.6 Å². The Kier molecular flexibility index (Phi) is 8.57. The number of aromatic nitrogens is 2. The van der Waals surface area contributed by atoms with Crippen LogP contribution in [0.2, 0.25) is 5.02 Å². The van der Waals surface area contributed by atoms with Gasteiger partial charge in [-0.05, 0) is 57.0 Å². The molecule has 8 nitrogen and oxygen atoms in total. The van der Waals surface area contributed by atoms with E-state index in [-0.39, 0.29) is 11.8 Å². The van der Waals surface area contributed by atoms with Gasteiger partial charge in [-0.25, -0.2) is 0 Å². The first-order valence-electron chi connectivity index (χ1n) is 12.8. The molecule has 0 bridgehead atoms. The lowest BCUT2D eigenvalue weighted by Gasteiger charge is -2.43. The summed E-state index contributed by atoms with van der Waals surface area (Å²) in [6, 6.07) is 7.34. The smallest absolute Gasteiger partial charge is 0.223 e. The maximum atomic E-state index is 13.4. The number of halogens is 1. The molecule has 2 aromatic rings. The highest BCUT2D eigenvalue weighted by Gasteiger charge is 2.41. The molecule has 2 saturated heterocycles. The standard InChI is InChI=1S/C27H38ClN5O3/c1-21-22(18-29-31(21)3)8-9-25(34)33-11-5-10-27(19-33,20-36-24-7-4-6-23(28)16-24)17-26(35)32-14-12-30(2)13-15-32/h4,6-7,16,18H,5,8-15,17,19-20H2,1-3H3/t27-/m0/s1. The second-order valence-corrected chi connectivity index (χ2v) is 10.8. The van der Waals surface area contributed by atoms with Crippen LogP contribution in [0.1, 0.15) is 36.9 Å². The quantitative estimate of drug-likeness (QED) is 0.540. The molecule has 0 N–H and O–H groups in total. The van der Waals surface area contributed by atoms with Crippen molar-refractivity contribution in [1.82, 2.24) is 24.5 Å². The van der Waals surface area contributed by atoms with E-state index in [1.807, 2.05) is 52.8 Å². The van der Waals surface area contributed by atoms with Gasteiger partial charge in [0.2, 0.25) is 11.8 Å². The minimum atomic E-state index is -0.430. The van der Waals surface area contributed by atoms with Crippen LogP contribution in [-0.2, 0) is 23.1 Å². The Labute approximate surface area is 219 Å². The Morgan fingerprint density at radius 2 is 1.86 bits per heavy atom. The van der Waals surface area contributed by atoms with E-state index in [1.165, 1.54) is 0 Å². The van der Waals surface area contributed by atoms with Crippen molar-refractivity contribution in [2.75, 3.05) is 52.9 Å². The van der Waals surface area contributed by atoms with E-state index in [9.17, 15) is 9.59 Å². The molecule has 0 saturated carbocycles. The van der Waals surface area contributed by atoms with Crippen molar-refractivity contribution in [2.24, 2.45) is 12.5 Å². The fourth-order valence-electron chi connectivity index (χ4n) is 5.20. The summed E-state index contributed by atoms with van der Waals surface area (Å²) in [5.74, 6) is 0.958. The fourth-order valence-corrected chi connectivity index (χ4v) is 5.39. The van der Waals surface area contributed by atoms with Gasteiger partial charge in [0.05, 0.1) is 12.8 Å². The van der Waals surface area contributed by atoms with Crippen LogP contribution in [0.15, 0.2) is 30.5 Å². The van der Waals surface area contributed by atoms with Gasteiger partial charge in [0.1, 0.15) is 5.75 Å². The van der Waals surface area contributed by atoms with E-state index in [0.717, 1.165) is 50.3 Å². The Hall–Kier alpha value is -2.58. The zero-order valence-electron chi connectivity index (χ0n) is 21.7. The van der Waals surface area contributed by atoms with E-state index in [1.54, 1.807) is 6.07 Å². The molecule has 0 radical (unpaired) electrons. The van der Waals surface area contributed by atoms with Gasteiger partial charge in [0.25, 0.3) is 0 Å². The number of hydrogen-bond donors (Lipinski definition) is 0. The molecule has 1 atom stereocenters. The average molecular weight is 516 g/mol. The number of likely N-dealkylation sites (N-methyl/N-ethyl adjacent to an activating group) is 1. The summed E-state index contributed by atoms with van der Waals surface area (Å²) in [7, 11) is 4.00. The topological polar surface area (TPSA) is 70.9 Å². The lowest BCUT2D eigenvalue weighted by molar-refractivity contribution is -0.142. The lowest BCUT2D eigenvalue weighted by Crippen LogP contribution is -2.53. The number of carbonyl (C=O) groups is 2. The van der Waals surface area contributed by atoms with E-state index in [4.69, 9.17) is 16.3 Å². The molecule has 1 aromatic heterocycles. The van der Waals surface area contributed by atoms with Crippen molar-refractivity contribution >= 4 is 23.4 Å². The number of ether oxygens (including phenoxy) is 1. The van der Waals surface area contributed by atoms with Crippen LogP contribution in [0.5, 0.6) is 5.75 Å². The van der Waals surface area contributed by atoms with Gasteiger partial charge in [-0.3, -0.25) is 14.3 Å². The maximum Gasteiger partial charge on any atom is 0.223 e. The minimum Gasteiger partial charge on any atom is -0.493 e. The Bertz CT molecular complexity index is 1070. The average Bonchev–Trinajstić information content (AvgIpc) is 3.19. The molecule has 2 fully saturated rings. The van der Waals surface area contributed by atoms with Gasteiger partial charge in [-0.1, -0.05) is 17.7 Å². The summed E-state index contributed by atoms with van der Waals surface area (Å²) in [5, 5.41) is 4.90. The van der Waals surface area contributed by atoms with E-state index in [0.29, 0.717) is 49.7 Å². The number of piperidine rings is 1. The second kappa shape index (κ2) is 11.6. The predicted molar refractivity (Wildman–Crippen MR) is 140 cm³/mol. The van der Waals surface area contributed by atoms with E-state index in [2.05, 4.69) is 17.0 Å². The second-order valence-electron chi connectivity index (χ2n) is 10.4. The summed E-state index contributed by atoms with van der Waals surface area (Å²) in [6.45, 7) is 6.89. The zero-order valence-corrected chi connectivity index (χ0v) is 22.5. The lowest BCUT2D eigenvalue weighted by atomic mass is 9.77.